The zero-order valence-electron chi connectivity index (χ0n) is 65.7. The first-order valence-corrected chi connectivity index (χ1v) is 36.3. The predicted octanol–water partition coefficient (Wildman–Crippen LogP) is 23.5. The first kappa shape index (κ1) is 88.0. The lowest BCUT2D eigenvalue weighted by Crippen LogP contribution is -2.00. The highest BCUT2D eigenvalue weighted by molar-refractivity contribution is 7.09. The minimum Gasteiger partial charge on any atom is -0.335 e. The van der Waals surface area contributed by atoms with Crippen molar-refractivity contribution >= 4 is 17.0 Å². The Kier molecular flexibility index (Phi) is 43.2. The molecule has 1 aliphatic rings. The van der Waals surface area contributed by atoms with Gasteiger partial charge in [-0.15, -0.1) is 11.3 Å². The molecule has 0 atom stereocenters. The van der Waals surface area contributed by atoms with Gasteiger partial charge in [0.2, 0.25) is 0 Å². The van der Waals surface area contributed by atoms with E-state index in [9.17, 15) is 0 Å². The Morgan fingerprint density at radius 3 is 1.16 bits per heavy atom. The molecule has 13 heteroatoms. The minimum atomic E-state index is 0.471. The molecule has 0 saturated carbocycles. The van der Waals surface area contributed by atoms with Crippen LogP contribution in [0, 0.1) is 11.8 Å². The van der Waals surface area contributed by atoms with Crippen LogP contribution in [-0.2, 0) is 0 Å². The first-order chi connectivity index (χ1) is 43.9. The van der Waals surface area contributed by atoms with Gasteiger partial charge in [-0.1, -0.05) is 206 Å². The van der Waals surface area contributed by atoms with Crippen LogP contribution in [0.15, 0.2) is 114 Å². The summed E-state index contributed by atoms with van der Waals surface area (Å²) in [7, 11) is 1.50. The number of thiazole rings is 1. The van der Waals surface area contributed by atoms with Crippen LogP contribution in [0.25, 0.3) is 0 Å². The van der Waals surface area contributed by atoms with E-state index >= 15 is 0 Å². The van der Waals surface area contributed by atoms with Gasteiger partial charge in [0.25, 0.3) is 0 Å². The number of nitrogens with zero attached hydrogens (tertiary/aromatic N) is 11. The summed E-state index contributed by atoms with van der Waals surface area (Å²) in [6.07, 6.45) is 18.2. The molecular formula is C81H136N12S. The number of aliphatic imine (C=N–C) groups is 1. The molecule has 0 radical (unpaired) electrons. The van der Waals surface area contributed by atoms with Gasteiger partial charge in [-0.3, -0.25) is 24.6 Å². The smallest absolute Gasteiger partial charge is 0.0953 e. The van der Waals surface area contributed by atoms with Gasteiger partial charge in [0.1, 0.15) is 0 Å². The molecule has 0 bridgehead atoms. The number of hydrogen-bond donors (Lipinski definition) is 1. The van der Waals surface area contributed by atoms with Gasteiger partial charge in [0.05, 0.1) is 46.9 Å². The van der Waals surface area contributed by atoms with Crippen LogP contribution in [0.3, 0.4) is 0 Å². The summed E-state index contributed by atoms with van der Waals surface area (Å²) in [5.74, 6) is 7.87. The molecule has 8 rings (SSSR count). The van der Waals surface area contributed by atoms with Crippen molar-refractivity contribution in [1.29, 1.82) is 0 Å². The van der Waals surface area contributed by atoms with E-state index in [-0.39, 0.29) is 0 Å². The second-order valence-corrected chi connectivity index (χ2v) is 30.3. The van der Waals surface area contributed by atoms with E-state index in [1.165, 1.54) is 73.9 Å². The van der Waals surface area contributed by atoms with Crippen molar-refractivity contribution in [3.63, 3.8) is 0 Å². The van der Waals surface area contributed by atoms with Crippen LogP contribution in [0.2, 0.25) is 0 Å². The van der Waals surface area contributed by atoms with Crippen LogP contribution < -0.4 is 5.73 Å². The van der Waals surface area contributed by atoms with Crippen molar-refractivity contribution in [2.75, 3.05) is 13.6 Å². The number of aromatic nitrogens is 10. The molecule has 0 saturated heterocycles. The summed E-state index contributed by atoms with van der Waals surface area (Å²) >= 11 is 1.77. The standard InChI is InChI=1S/3C11H17N.C10H16N2.C10H17N.2C9H16N2.C9H15NS.CH5N/c1-8(2)10-5-11(9(3)4)7-12-6-10;1-8(2)10-5-6-12-11(7-10)9(3)4;1-8(2)10-5-6-11(9(3)4)12-7-10;1-7(2)9-5-6-10(8(3)4)12-11-9;1-7(2)9-5-10(8(3)4)11-6-9;1-7(2)9-5-11(6-10-9)8(3)4;1-7(2)9-5-10-11(6-9)8(3)4;1-6(2)8-5-11-9(10-8)7(3)4;1-2/h3*5-9H,1-4H3;5-8H,1-4H3;5,7-8H,6H2,1-4H3;2*5-8H,1-4H3;5-7H,1-4H3;2H2,1H3. The zero-order valence-corrected chi connectivity index (χ0v) is 66.5. The second kappa shape index (κ2) is 46.2. The third-order valence-corrected chi connectivity index (χ3v) is 16.7. The van der Waals surface area contributed by atoms with Gasteiger partial charge >= 0.3 is 0 Å². The molecule has 0 aromatic carbocycles. The number of nitrogens with two attached hydrogens (primary N) is 1. The highest BCUT2D eigenvalue weighted by Gasteiger charge is 2.14. The molecule has 1 aliphatic heterocycles. The fraction of sp³-hybridized carbons (Fsp3) is 0.617. The normalized spacial score (nSPS) is 11.9. The lowest BCUT2D eigenvalue weighted by molar-refractivity contribution is 0.531. The van der Waals surface area contributed by atoms with Crippen molar-refractivity contribution in [2.24, 2.45) is 22.6 Å². The van der Waals surface area contributed by atoms with E-state index in [0.717, 1.165) is 17.9 Å². The van der Waals surface area contributed by atoms with Gasteiger partial charge < -0.3 is 10.3 Å². The van der Waals surface area contributed by atoms with Crippen molar-refractivity contribution in [3.8, 4) is 0 Å². The monoisotopic (exact) mass is 1310 g/mol. The fourth-order valence-electron chi connectivity index (χ4n) is 8.18. The molecule has 526 valence electrons. The Hall–Kier alpha value is -6.05. The fourth-order valence-corrected chi connectivity index (χ4v) is 9.17. The van der Waals surface area contributed by atoms with Crippen molar-refractivity contribution in [3.05, 3.63) is 176 Å². The zero-order chi connectivity index (χ0) is 72.3. The van der Waals surface area contributed by atoms with E-state index in [0.29, 0.717) is 94.9 Å². The molecule has 0 unspecified atom stereocenters. The molecule has 2 N–H and O–H groups in total. The molecule has 7 aromatic rings. The van der Waals surface area contributed by atoms with Crippen LogP contribution in [0.4, 0.5) is 0 Å². The quantitative estimate of drug-likeness (QED) is 0.0997. The minimum absolute atomic E-state index is 0.471. The Morgan fingerprint density at radius 1 is 0.383 bits per heavy atom. The van der Waals surface area contributed by atoms with Crippen LogP contribution in [0.1, 0.15) is 372 Å². The Labute approximate surface area is 580 Å². The summed E-state index contributed by atoms with van der Waals surface area (Å²) in [6.45, 7) is 70.5. The van der Waals surface area contributed by atoms with Gasteiger partial charge in [-0.05, 0) is 181 Å². The van der Waals surface area contributed by atoms with E-state index in [1.54, 1.807) is 11.3 Å². The topological polar surface area (TPSA) is 151 Å². The number of pyridine rings is 3. The average molecular weight is 1310 g/mol. The molecule has 7 aromatic heterocycles. The Balaban J connectivity index is 0.00000105. The summed E-state index contributed by atoms with van der Waals surface area (Å²) in [6, 6.07) is 16.0. The molecule has 12 nitrogen and oxygen atoms in total. The summed E-state index contributed by atoms with van der Waals surface area (Å²) in [4.78, 5) is 26.2. The first-order valence-electron chi connectivity index (χ1n) is 35.4. The maximum atomic E-state index is 4.53. The van der Waals surface area contributed by atoms with Crippen LogP contribution in [-0.4, -0.2) is 68.8 Å². The van der Waals surface area contributed by atoms with E-state index < -0.39 is 0 Å². The Bertz CT molecular complexity index is 2700. The van der Waals surface area contributed by atoms with Gasteiger partial charge in [-0.2, -0.15) is 15.3 Å². The lowest BCUT2D eigenvalue weighted by Gasteiger charge is -2.09. The van der Waals surface area contributed by atoms with E-state index in [2.05, 4.69) is 343 Å². The summed E-state index contributed by atoms with van der Waals surface area (Å²) in [5.41, 5.74) is 20.9. The average Bonchev–Trinajstić information content (AvgIpc) is 2.99. The van der Waals surface area contributed by atoms with E-state index in [4.69, 9.17) is 0 Å². The molecule has 0 aliphatic carbocycles. The van der Waals surface area contributed by atoms with Gasteiger partial charge in [0.15, 0.2) is 0 Å². The number of hydrogen-bond acceptors (Lipinski definition) is 11. The van der Waals surface area contributed by atoms with Gasteiger partial charge in [-0.25, -0.2) is 9.97 Å². The molecule has 94 heavy (non-hydrogen) atoms. The van der Waals surface area contributed by atoms with Crippen molar-refractivity contribution in [2.45, 2.75) is 305 Å². The van der Waals surface area contributed by atoms with Gasteiger partial charge in [0, 0.05) is 77.7 Å². The highest BCUT2D eigenvalue weighted by atomic mass is 32.1. The van der Waals surface area contributed by atoms with E-state index in [1.807, 2.05) is 42.0 Å². The number of rotatable bonds is 16. The molecular weight excluding hydrogens is 1170 g/mol. The third kappa shape index (κ3) is 34.6. The van der Waals surface area contributed by atoms with Crippen molar-refractivity contribution < 1.29 is 0 Å². The lowest BCUT2D eigenvalue weighted by atomic mass is 9.99. The maximum absolute atomic E-state index is 4.53. The largest absolute Gasteiger partial charge is 0.335 e. The number of allylic oxidation sites excluding steroid dienone is 1. The molecule has 0 fully saturated rings. The molecule has 0 amide bonds. The highest BCUT2D eigenvalue weighted by Crippen LogP contribution is 2.25. The van der Waals surface area contributed by atoms with Crippen LogP contribution in [0.5, 0.6) is 0 Å². The SMILES string of the molecule is CC(C)C1=CC(C(C)C)=NC1.CC(C)c1ccc(C(C)C)nc1.CC(C)c1ccc(C(C)C)nn1.CC(C)c1ccnc(C(C)C)c1.CC(C)c1cn(C(C)C)cn1.CC(C)c1cncc(C(C)C)c1.CC(C)c1cnn(C(C)C)c1.CC(C)c1csc(C(C)C)n1.CN. The Morgan fingerprint density at radius 2 is 0.862 bits per heavy atom. The molecule has 8 heterocycles. The maximum Gasteiger partial charge on any atom is 0.0953 e. The summed E-state index contributed by atoms with van der Waals surface area (Å²) < 4.78 is 4.13. The molecule has 0 spiro atoms. The number of imidazole rings is 1. The van der Waals surface area contributed by atoms with Crippen LogP contribution >= 0.6 is 11.3 Å². The second-order valence-electron chi connectivity index (χ2n) is 29.4. The van der Waals surface area contributed by atoms with Crippen molar-refractivity contribution in [1.82, 2.24) is 49.5 Å². The summed E-state index contributed by atoms with van der Waals surface area (Å²) in [5, 5.41) is 16.0. The predicted molar refractivity (Wildman–Crippen MR) is 411 cm³/mol. The third-order valence-electron chi connectivity index (χ3n) is 15.5.